The van der Waals surface area contributed by atoms with Gasteiger partial charge in [0.1, 0.15) is 0 Å². The van der Waals surface area contributed by atoms with Gasteiger partial charge in [-0.1, -0.05) is 37.1 Å². The first-order valence-electron chi connectivity index (χ1n) is 11.4. The molecule has 0 aromatic heterocycles. The minimum absolute atomic E-state index is 0.0530. The fourth-order valence-corrected chi connectivity index (χ4v) is 4.86. The molecule has 2 fully saturated rings. The molecule has 0 bridgehead atoms. The fraction of sp³-hybridized carbons (Fsp3) is 0.400. The van der Waals surface area contributed by atoms with Crippen LogP contribution in [-0.2, 0) is 17.8 Å². The zero-order chi connectivity index (χ0) is 23.4. The van der Waals surface area contributed by atoms with E-state index in [0.717, 1.165) is 42.5 Å². The topological polar surface area (TPSA) is 102 Å². The lowest BCUT2D eigenvalue weighted by molar-refractivity contribution is -0.140. The second kappa shape index (κ2) is 10.0. The van der Waals surface area contributed by atoms with Crippen molar-refractivity contribution < 1.29 is 19.6 Å². The van der Waals surface area contributed by atoms with Crippen LogP contribution in [0.3, 0.4) is 0 Å². The summed E-state index contributed by atoms with van der Waals surface area (Å²) in [4.78, 5) is 41.5. The molecule has 2 atom stereocenters. The van der Waals surface area contributed by atoms with Gasteiger partial charge >= 0.3 is 6.03 Å². The minimum Gasteiger partial charge on any atom is -0.388 e. The maximum atomic E-state index is 13.5. The molecule has 2 aromatic carbocycles. The third kappa shape index (κ3) is 4.85. The fourth-order valence-electron chi connectivity index (χ4n) is 4.86. The lowest BCUT2D eigenvalue weighted by Crippen LogP contribution is -2.62. The first-order chi connectivity index (χ1) is 16.0. The van der Waals surface area contributed by atoms with Crippen LogP contribution in [0.25, 0.3) is 0 Å². The standard InChI is InChI=1S/C25H30N4O4/c1-26-20-12-8-17(9-13-20)14-15-28-24(31)21-4-2-3-5-22(21)29(25(28)32)16-18-6-10-19(11-7-18)23(30)27-33/h6-13,21-22,26,33H,2-5,14-16H2,1H3,(H,27,30). The molecule has 33 heavy (non-hydrogen) atoms. The largest absolute Gasteiger partial charge is 0.388 e. The highest BCUT2D eigenvalue weighted by molar-refractivity contribution is 5.99. The number of nitrogens with zero attached hydrogens (tertiary/aromatic N) is 2. The number of urea groups is 1. The Morgan fingerprint density at radius 1 is 1.00 bits per heavy atom. The summed E-state index contributed by atoms with van der Waals surface area (Å²) >= 11 is 0. The molecule has 3 N–H and O–H groups in total. The van der Waals surface area contributed by atoms with Gasteiger partial charge in [-0.3, -0.25) is 19.7 Å². The van der Waals surface area contributed by atoms with E-state index in [0.29, 0.717) is 25.1 Å². The predicted molar refractivity (Wildman–Crippen MR) is 124 cm³/mol. The predicted octanol–water partition coefficient (Wildman–Crippen LogP) is 3.41. The Bertz CT molecular complexity index is 1010. The monoisotopic (exact) mass is 450 g/mol. The maximum Gasteiger partial charge on any atom is 0.327 e. The van der Waals surface area contributed by atoms with Crippen LogP contribution in [-0.4, -0.2) is 52.5 Å². The van der Waals surface area contributed by atoms with E-state index in [9.17, 15) is 14.4 Å². The van der Waals surface area contributed by atoms with Gasteiger partial charge in [-0.2, -0.15) is 0 Å². The minimum atomic E-state index is -0.581. The average molecular weight is 451 g/mol. The number of carbonyl (C=O) groups is 3. The van der Waals surface area contributed by atoms with Crippen molar-refractivity contribution in [3.63, 3.8) is 0 Å². The van der Waals surface area contributed by atoms with Crippen LogP contribution in [0.15, 0.2) is 48.5 Å². The lowest BCUT2D eigenvalue weighted by Gasteiger charge is -2.47. The number of fused-ring (bicyclic) bond motifs is 1. The number of hydroxylamine groups is 1. The molecule has 1 heterocycles. The van der Waals surface area contributed by atoms with Crippen molar-refractivity contribution in [2.24, 2.45) is 5.92 Å². The number of anilines is 1. The van der Waals surface area contributed by atoms with Crippen molar-refractivity contribution in [1.82, 2.24) is 15.3 Å². The van der Waals surface area contributed by atoms with Gasteiger partial charge in [0.2, 0.25) is 5.91 Å². The quantitative estimate of drug-likeness (QED) is 0.443. The van der Waals surface area contributed by atoms with E-state index in [-0.39, 0.29) is 23.9 Å². The number of carbonyl (C=O) groups excluding carboxylic acids is 3. The van der Waals surface area contributed by atoms with E-state index in [1.165, 1.54) is 4.90 Å². The zero-order valence-electron chi connectivity index (χ0n) is 18.8. The van der Waals surface area contributed by atoms with Crippen molar-refractivity contribution in [1.29, 1.82) is 0 Å². The molecular weight excluding hydrogens is 420 g/mol. The van der Waals surface area contributed by atoms with Crippen molar-refractivity contribution in [3.05, 3.63) is 65.2 Å². The van der Waals surface area contributed by atoms with Crippen molar-refractivity contribution >= 4 is 23.5 Å². The zero-order valence-corrected chi connectivity index (χ0v) is 18.8. The van der Waals surface area contributed by atoms with Crippen LogP contribution in [0.4, 0.5) is 10.5 Å². The van der Waals surface area contributed by atoms with Gasteiger partial charge in [0.05, 0.1) is 5.92 Å². The Balaban J connectivity index is 1.51. The van der Waals surface area contributed by atoms with Gasteiger partial charge in [0.25, 0.3) is 5.91 Å². The number of hydrogen-bond acceptors (Lipinski definition) is 5. The molecule has 0 radical (unpaired) electrons. The van der Waals surface area contributed by atoms with E-state index < -0.39 is 5.91 Å². The number of benzene rings is 2. The summed E-state index contributed by atoms with van der Waals surface area (Å²) in [5.41, 5.74) is 4.92. The Morgan fingerprint density at radius 2 is 1.67 bits per heavy atom. The molecule has 1 aliphatic carbocycles. The van der Waals surface area contributed by atoms with E-state index in [1.807, 2.05) is 36.2 Å². The second-order valence-electron chi connectivity index (χ2n) is 8.69. The normalized spacial score (nSPS) is 20.4. The van der Waals surface area contributed by atoms with Crippen LogP contribution >= 0.6 is 0 Å². The Morgan fingerprint density at radius 3 is 2.33 bits per heavy atom. The summed E-state index contributed by atoms with van der Waals surface area (Å²) in [5.74, 6) is -0.798. The highest BCUT2D eigenvalue weighted by Crippen LogP contribution is 2.35. The van der Waals surface area contributed by atoms with E-state index in [1.54, 1.807) is 29.7 Å². The summed E-state index contributed by atoms with van der Waals surface area (Å²) < 4.78 is 0. The molecule has 2 aromatic rings. The van der Waals surface area contributed by atoms with Crippen molar-refractivity contribution in [2.45, 2.75) is 44.7 Å². The molecule has 1 saturated carbocycles. The Kier molecular flexibility index (Phi) is 6.93. The SMILES string of the molecule is CNc1ccc(CCN2C(=O)C3CCCCC3N(Cc3ccc(C(=O)NO)cc3)C2=O)cc1. The van der Waals surface area contributed by atoms with Gasteiger partial charge in [0.15, 0.2) is 0 Å². The molecule has 1 aliphatic heterocycles. The Hall–Kier alpha value is -3.39. The summed E-state index contributed by atoms with van der Waals surface area (Å²) in [5, 5.41) is 11.9. The third-order valence-corrected chi connectivity index (χ3v) is 6.73. The third-order valence-electron chi connectivity index (χ3n) is 6.73. The number of imide groups is 1. The van der Waals surface area contributed by atoms with Gasteiger partial charge in [-0.15, -0.1) is 0 Å². The van der Waals surface area contributed by atoms with Crippen molar-refractivity contribution in [3.8, 4) is 0 Å². The first-order valence-corrected chi connectivity index (χ1v) is 11.4. The smallest absolute Gasteiger partial charge is 0.327 e. The van der Waals surface area contributed by atoms with E-state index in [2.05, 4.69) is 5.32 Å². The Labute approximate surface area is 193 Å². The van der Waals surface area contributed by atoms with Crippen LogP contribution in [0.5, 0.6) is 0 Å². The summed E-state index contributed by atoms with van der Waals surface area (Å²) in [6.45, 7) is 0.730. The summed E-state index contributed by atoms with van der Waals surface area (Å²) in [6, 6.07) is 14.4. The molecule has 1 saturated heterocycles. The van der Waals surface area contributed by atoms with Crippen LogP contribution in [0, 0.1) is 5.92 Å². The number of amides is 4. The van der Waals surface area contributed by atoms with Gasteiger partial charge in [0, 0.05) is 37.4 Å². The molecule has 0 spiro atoms. The maximum absolute atomic E-state index is 13.5. The molecular formula is C25H30N4O4. The van der Waals surface area contributed by atoms with Gasteiger partial charge in [-0.25, -0.2) is 10.3 Å². The molecule has 2 aliphatic rings. The van der Waals surface area contributed by atoms with Crippen LogP contribution in [0.2, 0.25) is 0 Å². The molecule has 8 nitrogen and oxygen atoms in total. The second-order valence-corrected chi connectivity index (χ2v) is 8.69. The summed E-state index contributed by atoms with van der Waals surface area (Å²) in [7, 11) is 1.87. The number of rotatable bonds is 7. The van der Waals surface area contributed by atoms with Gasteiger partial charge in [-0.05, 0) is 54.7 Å². The van der Waals surface area contributed by atoms with Crippen LogP contribution in [0.1, 0.15) is 47.2 Å². The first kappa shape index (κ1) is 22.8. The molecule has 8 heteroatoms. The van der Waals surface area contributed by atoms with Crippen LogP contribution < -0.4 is 10.8 Å². The van der Waals surface area contributed by atoms with Crippen molar-refractivity contribution in [2.75, 3.05) is 18.9 Å². The lowest BCUT2D eigenvalue weighted by atomic mass is 9.81. The number of nitrogens with one attached hydrogen (secondary N) is 2. The van der Waals surface area contributed by atoms with E-state index in [4.69, 9.17) is 5.21 Å². The molecule has 174 valence electrons. The number of hydrogen-bond donors (Lipinski definition) is 3. The summed E-state index contributed by atoms with van der Waals surface area (Å²) in [6.07, 6.45) is 4.24. The molecule has 4 rings (SSSR count). The molecule has 2 unspecified atom stereocenters. The highest BCUT2D eigenvalue weighted by Gasteiger charge is 2.46. The van der Waals surface area contributed by atoms with Gasteiger partial charge < -0.3 is 10.2 Å². The average Bonchev–Trinajstić information content (AvgIpc) is 2.86. The molecule has 4 amide bonds. The van der Waals surface area contributed by atoms with E-state index >= 15 is 0 Å². The highest BCUT2D eigenvalue weighted by atomic mass is 16.5.